The van der Waals surface area contributed by atoms with Crippen LogP contribution < -0.4 is 15.4 Å². The zero-order chi connectivity index (χ0) is 18.1. The summed E-state index contributed by atoms with van der Waals surface area (Å²) in [6, 6.07) is 5.75. The van der Waals surface area contributed by atoms with Crippen LogP contribution in [0.3, 0.4) is 0 Å². The van der Waals surface area contributed by atoms with Gasteiger partial charge in [-0.3, -0.25) is 14.8 Å². The Morgan fingerprint density at radius 2 is 2.35 bits per heavy atom. The molecule has 4 rings (SSSR count). The molecule has 7 nitrogen and oxygen atoms in total. The van der Waals surface area contributed by atoms with Gasteiger partial charge in [-0.15, -0.1) is 0 Å². The van der Waals surface area contributed by atoms with E-state index >= 15 is 0 Å². The van der Waals surface area contributed by atoms with Crippen LogP contribution >= 0.6 is 11.3 Å². The summed E-state index contributed by atoms with van der Waals surface area (Å²) < 4.78 is 8.03. The van der Waals surface area contributed by atoms with E-state index in [-0.39, 0.29) is 11.8 Å². The summed E-state index contributed by atoms with van der Waals surface area (Å²) in [6.45, 7) is 1.88. The van der Waals surface area contributed by atoms with Gasteiger partial charge < -0.3 is 10.1 Å². The Morgan fingerprint density at radius 1 is 1.46 bits per heavy atom. The SMILES string of the molecule is COc1cccc2sc(NC(=O)c3cn(C)nc3C3CCCNC3)nc12. The summed E-state index contributed by atoms with van der Waals surface area (Å²) >= 11 is 1.44. The van der Waals surface area contributed by atoms with E-state index < -0.39 is 0 Å². The number of amides is 1. The molecule has 8 heteroatoms. The van der Waals surface area contributed by atoms with Crippen molar-refractivity contribution in [2.75, 3.05) is 25.5 Å². The van der Waals surface area contributed by atoms with Crippen LogP contribution in [0.2, 0.25) is 0 Å². The molecule has 0 radical (unpaired) electrons. The van der Waals surface area contributed by atoms with Gasteiger partial charge in [0.2, 0.25) is 0 Å². The van der Waals surface area contributed by atoms with Crippen LogP contribution in [-0.4, -0.2) is 40.9 Å². The van der Waals surface area contributed by atoms with Crippen molar-refractivity contribution in [1.29, 1.82) is 0 Å². The molecule has 0 bridgehead atoms. The smallest absolute Gasteiger partial charge is 0.260 e. The number of piperidine rings is 1. The third-order valence-corrected chi connectivity index (χ3v) is 5.54. The molecule has 3 heterocycles. The number of methoxy groups -OCH3 is 1. The highest BCUT2D eigenvalue weighted by Gasteiger charge is 2.25. The number of aryl methyl sites for hydroxylation is 1. The number of nitrogens with one attached hydrogen (secondary N) is 2. The number of hydrogen-bond acceptors (Lipinski definition) is 6. The lowest BCUT2D eigenvalue weighted by Gasteiger charge is -2.21. The van der Waals surface area contributed by atoms with Crippen LogP contribution in [0.1, 0.15) is 34.8 Å². The number of rotatable bonds is 4. The van der Waals surface area contributed by atoms with Crippen LogP contribution in [0.4, 0.5) is 5.13 Å². The Kier molecular flexibility index (Phi) is 4.60. The molecule has 3 aromatic rings. The third kappa shape index (κ3) is 3.17. The summed E-state index contributed by atoms with van der Waals surface area (Å²) in [7, 11) is 3.46. The maximum absolute atomic E-state index is 12.9. The zero-order valence-electron chi connectivity index (χ0n) is 14.8. The molecule has 1 aliphatic rings. The highest BCUT2D eigenvalue weighted by molar-refractivity contribution is 7.22. The van der Waals surface area contributed by atoms with E-state index in [4.69, 9.17) is 4.74 Å². The largest absolute Gasteiger partial charge is 0.494 e. The molecule has 0 spiro atoms. The van der Waals surface area contributed by atoms with Crippen LogP contribution in [0.5, 0.6) is 5.75 Å². The Hall–Kier alpha value is -2.45. The van der Waals surface area contributed by atoms with E-state index in [0.29, 0.717) is 16.4 Å². The average Bonchev–Trinajstić information content (AvgIpc) is 3.25. The second-order valence-corrected chi connectivity index (χ2v) is 7.46. The number of carbonyl (C=O) groups is 1. The van der Waals surface area contributed by atoms with Crippen LogP contribution in [0, 0.1) is 0 Å². The molecular formula is C18H21N5O2S. The molecule has 1 aliphatic heterocycles. The number of thiazole rings is 1. The van der Waals surface area contributed by atoms with Gasteiger partial charge in [0.05, 0.1) is 23.1 Å². The summed E-state index contributed by atoms with van der Waals surface area (Å²) in [5, 5.41) is 11.4. The number of hydrogen-bond donors (Lipinski definition) is 2. The quantitative estimate of drug-likeness (QED) is 0.737. The fourth-order valence-electron chi connectivity index (χ4n) is 3.37. The van der Waals surface area contributed by atoms with Crippen molar-refractivity contribution in [3.63, 3.8) is 0 Å². The van der Waals surface area contributed by atoms with Gasteiger partial charge in [-0.1, -0.05) is 17.4 Å². The van der Waals surface area contributed by atoms with E-state index in [9.17, 15) is 4.79 Å². The maximum Gasteiger partial charge on any atom is 0.260 e. The average molecular weight is 371 g/mol. The van der Waals surface area contributed by atoms with Gasteiger partial charge in [0, 0.05) is 25.7 Å². The minimum Gasteiger partial charge on any atom is -0.494 e. The number of para-hydroxylation sites is 1. The first-order chi connectivity index (χ1) is 12.7. The van der Waals surface area contributed by atoms with Gasteiger partial charge in [0.25, 0.3) is 5.91 Å². The molecular weight excluding hydrogens is 350 g/mol. The molecule has 1 saturated heterocycles. The van der Waals surface area contributed by atoms with Crippen molar-refractivity contribution in [3.8, 4) is 5.75 Å². The van der Waals surface area contributed by atoms with E-state index in [0.717, 1.165) is 41.8 Å². The first-order valence-electron chi connectivity index (χ1n) is 8.65. The lowest BCUT2D eigenvalue weighted by molar-refractivity contribution is 0.102. The first kappa shape index (κ1) is 17.0. The third-order valence-electron chi connectivity index (χ3n) is 4.61. The number of nitrogens with zero attached hydrogens (tertiary/aromatic N) is 3. The molecule has 1 atom stereocenters. The second-order valence-electron chi connectivity index (χ2n) is 6.43. The minimum atomic E-state index is -0.170. The maximum atomic E-state index is 12.9. The van der Waals surface area contributed by atoms with E-state index in [1.165, 1.54) is 11.3 Å². The number of anilines is 1. The summed E-state index contributed by atoms with van der Waals surface area (Å²) in [5.74, 6) is 0.799. The molecule has 1 aromatic carbocycles. The summed E-state index contributed by atoms with van der Waals surface area (Å²) in [6.07, 6.45) is 3.93. The van der Waals surface area contributed by atoms with Crippen molar-refractivity contribution in [1.82, 2.24) is 20.1 Å². The first-order valence-corrected chi connectivity index (χ1v) is 9.46. The lowest BCUT2D eigenvalue weighted by atomic mass is 9.93. The standard InChI is InChI=1S/C18H21N5O2S/c1-23-10-12(15(22-23)11-5-4-8-19-9-11)17(24)21-18-20-16-13(25-2)6-3-7-14(16)26-18/h3,6-7,10-11,19H,4-5,8-9H2,1-2H3,(H,20,21,24). The van der Waals surface area contributed by atoms with Crippen molar-refractivity contribution < 1.29 is 9.53 Å². The number of benzene rings is 1. The van der Waals surface area contributed by atoms with Gasteiger partial charge in [0.1, 0.15) is 11.3 Å². The normalized spacial score (nSPS) is 17.4. The van der Waals surface area contributed by atoms with Gasteiger partial charge >= 0.3 is 0 Å². The van der Waals surface area contributed by atoms with Gasteiger partial charge in [0.15, 0.2) is 5.13 Å². The minimum absolute atomic E-state index is 0.170. The van der Waals surface area contributed by atoms with Crippen molar-refractivity contribution in [2.24, 2.45) is 7.05 Å². The number of ether oxygens (including phenoxy) is 1. The second kappa shape index (κ2) is 7.05. The Balaban J connectivity index is 1.61. The number of aromatic nitrogens is 3. The van der Waals surface area contributed by atoms with Crippen molar-refractivity contribution in [3.05, 3.63) is 35.7 Å². The van der Waals surface area contributed by atoms with Crippen LogP contribution in [0.25, 0.3) is 10.2 Å². The fraction of sp³-hybridized carbons (Fsp3) is 0.389. The highest BCUT2D eigenvalue weighted by Crippen LogP contribution is 2.32. The lowest BCUT2D eigenvalue weighted by Crippen LogP contribution is -2.29. The Labute approximate surface area is 155 Å². The predicted octanol–water partition coefficient (Wildman–Crippen LogP) is 2.76. The monoisotopic (exact) mass is 371 g/mol. The van der Waals surface area contributed by atoms with Crippen molar-refractivity contribution in [2.45, 2.75) is 18.8 Å². The van der Waals surface area contributed by atoms with Crippen molar-refractivity contribution >= 4 is 32.6 Å². The molecule has 2 aromatic heterocycles. The molecule has 2 N–H and O–H groups in total. The van der Waals surface area contributed by atoms with E-state index in [1.54, 1.807) is 18.0 Å². The predicted molar refractivity (Wildman–Crippen MR) is 102 cm³/mol. The van der Waals surface area contributed by atoms with E-state index in [2.05, 4.69) is 20.7 Å². The Bertz CT molecular complexity index is 942. The van der Waals surface area contributed by atoms with Gasteiger partial charge in [-0.05, 0) is 31.5 Å². The summed E-state index contributed by atoms with van der Waals surface area (Å²) in [5.41, 5.74) is 2.24. The molecule has 1 fully saturated rings. The molecule has 0 saturated carbocycles. The highest BCUT2D eigenvalue weighted by atomic mass is 32.1. The molecule has 26 heavy (non-hydrogen) atoms. The van der Waals surface area contributed by atoms with Gasteiger partial charge in [-0.2, -0.15) is 5.10 Å². The van der Waals surface area contributed by atoms with Crippen LogP contribution in [-0.2, 0) is 7.05 Å². The number of fused-ring (bicyclic) bond motifs is 1. The molecule has 136 valence electrons. The summed E-state index contributed by atoms with van der Waals surface area (Å²) in [4.78, 5) is 17.4. The number of carbonyl (C=O) groups excluding carboxylic acids is 1. The molecule has 1 unspecified atom stereocenters. The van der Waals surface area contributed by atoms with E-state index in [1.807, 2.05) is 25.2 Å². The Morgan fingerprint density at radius 3 is 3.12 bits per heavy atom. The molecule has 1 amide bonds. The molecule has 0 aliphatic carbocycles. The fourth-order valence-corrected chi connectivity index (χ4v) is 4.25. The van der Waals surface area contributed by atoms with Crippen LogP contribution in [0.15, 0.2) is 24.4 Å². The zero-order valence-corrected chi connectivity index (χ0v) is 15.6. The van der Waals surface area contributed by atoms with Gasteiger partial charge in [-0.25, -0.2) is 4.98 Å². The topological polar surface area (TPSA) is 81.1 Å².